The summed E-state index contributed by atoms with van der Waals surface area (Å²) >= 11 is 3.55. The van der Waals surface area contributed by atoms with Gasteiger partial charge in [-0.05, 0) is 42.5 Å². The Bertz CT molecular complexity index is 686. The number of fused-ring (bicyclic) bond motifs is 1. The Hall–Kier alpha value is -1.39. The number of benzene rings is 1. The van der Waals surface area contributed by atoms with Crippen molar-refractivity contribution in [2.75, 3.05) is 5.32 Å². The molecule has 0 amide bonds. The molecule has 2 nitrogen and oxygen atoms in total. The molecule has 0 radical (unpaired) electrons. The molecule has 1 unspecified atom stereocenters. The molecule has 0 fully saturated rings. The Morgan fingerprint density at radius 3 is 2.95 bits per heavy atom. The van der Waals surface area contributed by atoms with Crippen LogP contribution in [-0.2, 0) is 0 Å². The van der Waals surface area contributed by atoms with Crippen molar-refractivity contribution in [3.8, 4) is 0 Å². The summed E-state index contributed by atoms with van der Waals surface area (Å²) in [6.07, 6.45) is 2.30. The highest BCUT2D eigenvalue weighted by atomic mass is 32.1. The minimum atomic E-state index is 0.377. The molecule has 3 aromatic rings. The van der Waals surface area contributed by atoms with Crippen LogP contribution in [0.5, 0.6) is 0 Å². The summed E-state index contributed by atoms with van der Waals surface area (Å²) in [5, 5.41) is 6.77. The fourth-order valence-electron chi connectivity index (χ4n) is 2.31. The summed E-state index contributed by atoms with van der Waals surface area (Å²) in [4.78, 5) is 6.11. The first-order valence-electron chi connectivity index (χ1n) is 6.93. The lowest BCUT2D eigenvalue weighted by molar-refractivity contribution is 0.687. The first-order valence-corrected chi connectivity index (χ1v) is 8.63. The maximum atomic E-state index is 4.72. The van der Waals surface area contributed by atoms with Crippen molar-refractivity contribution < 1.29 is 0 Å². The molecule has 0 bridgehead atoms. The Morgan fingerprint density at radius 1 is 1.30 bits per heavy atom. The number of anilines is 1. The minimum absolute atomic E-state index is 0.377. The van der Waals surface area contributed by atoms with Gasteiger partial charge in [-0.2, -0.15) is 0 Å². The molecule has 0 aliphatic heterocycles. The van der Waals surface area contributed by atoms with Gasteiger partial charge >= 0.3 is 0 Å². The lowest BCUT2D eigenvalue weighted by Crippen LogP contribution is -2.08. The topological polar surface area (TPSA) is 24.9 Å². The number of thiophene rings is 1. The monoisotopic (exact) mass is 302 g/mol. The molecular weight excluding hydrogens is 284 g/mol. The van der Waals surface area contributed by atoms with Crippen LogP contribution in [0, 0.1) is 6.92 Å². The van der Waals surface area contributed by atoms with Gasteiger partial charge in [0.15, 0.2) is 5.13 Å². The number of thiazole rings is 1. The van der Waals surface area contributed by atoms with E-state index in [-0.39, 0.29) is 0 Å². The number of rotatable bonds is 5. The van der Waals surface area contributed by atoms with Crippen LogP contribution in [0.15, 0.2) is 35.7 Å². The number of nitrogens with zero attached hydrogens (tertiary/aromatic N) is 1. The van der Waals surface area contributed by atoms with Crippen LogP contribution in [0.2, 0.25) is 0 Å². The minimum Gasteiger partial charge on any atom is -0.354 e. The predicted octanol–water partition coefficient (Wildman–Crippen LogP) is 5.62. The Labute approximate surface area is 127 Å². The maximum absolute atomic E-state index is 4.72. The van der Waals surface area contributed by atoms with E-state index in [1.807, 2.05) is 11.3 Å². The molecule has 0 spiro atoms. The van der Waals surface area contributed by atoms with E-state index in [9.17, 15) is 0 Å². The van der Waals surface area contributed by atoms with Gasteiger partial charge in [0.2, 0.25) is 0 Å². The third kappa shape index (κ3) is 2.86. The van der Waals surface area contributed by atoms with Crippen LogP contribution >= 0.6 is 22.7 Å². The molecule has 0 aliphatic carbocycles. The number of hydrogen-bond donors (Lipinski definition) is 1. The van der Waals surface area contributed by atoms with Gasteiger partial charge in [0.05, 0.1) is 16.3 Å². The maximum Gasteiger partial charge on any atom is 0.184 e. The summed E-state index contributed by atoms with van der Waals surface area (Å²) < 4.78 is 1.25. The van der Waals surface area contributed by atoms with E-state index >= 15 is 0 Å². The van der Waals surface area contributed by atoms with E-state index in [4.69, 9.17) is 4.98 Å². The molecule has 20 heavy (non-hydrogen) atoms. The molecule has 0 saturated heterocycles. The van der Waals surface area contributed by atoms with E-state index in [1.165, 1.54) is 21.6 Å². The smallest absolute Gasteiger partial charge is 0.184 e. The van der Waals surface area contributed by atoms with Gasteiger partial charge < -0.3 is 5.32 Å². The van der Waals surface area contributed by atoms with Gasteiger partial charge in [0.25, 0.3) is 0 Å². The van der Waals surface area contributed by atoms with Crippen molar-refractivity contribution >= 4 is 38.0 Å². The second-order valence-electron chi connectivity index (χ2n) is 4.99. The van der Waals surface area contributed by atoms with Gasteiger partial charge in [0, 0.05) is 4.88 Å². The first kappa shape index (κ1) is 13.6. The van der Waals surface area contributed by atoms with Crippen LogP contribution in [0.3, 0.4) is 0 Å². The molecule has 1 N–H and O–H groups in total. The van der Waals surface area contributed by atoms with Crippen LogP contribution < -0.4 is 5.32 Å². The highest BCUT2D eigenvalue weighted by molar-refractivity contribution is 7.22. The van der Waals surface area contributed by atoms with Gasteiger partial charge in [-0.3, -0.25) is 0 Å². The molecule has 1 atom stereocenters. The summed E-state index contributed by atoms with van der Waals surface area (Å²) in [7, 11) is 0. The zero-order chi connectivity index (χ0) is 13.9. The molecule has 0 aliphatic rings. The summed E-state index contributed by atoms with van der Waals surface area (Å²) in [6.45, 7) is 4.33. The molecule has 2 heterocycles. The standard InChI is InChI=1S/C16H18N2S2/c1-3-5-12(14-6-4-9-19-14)17-16-18-13-10-11(2)7-8-15(13)20-16/h4,6-10,12H,3,5H2,1-2H3,(H,17,18). The first-order chi connectivity index (χ1) is 9.76. The average Bonchev–Trinajstić information content (AvgIpc) is 3.06. The number of aryl methyl sites for hydroxylation is 1. The van der Waals surface area contributed by atoms with Crippen LogP contribution in [-0.4, -0.2) is 4.98 Å². The van der Waals surface area contributed by atoms with E-state index in [0.29, 0.717) is 6.04 Å². The van der Waals surface area contributed by atoms with Crippen molar-refractivity contribution in [1.29, 1.82) is 0 Å². The van der Waals surface area contributed by atoms with Gasteiger partial charge in [0.1, 0.15) is 0 Å². The van der Waals surface area contributed by atoms with Crippen molar-refractivity contribution in [1.82, 2.24) is 4.98 Å². The number of nitrogens with one attached hydrogen (secondary N) is 1. The summed E-state index contributed by atoms with van der Waals surface area (Å²) in [5.41, 5.74) is 2.36. The Balaban J connectivity index is 1.86. The van der Waals surface area contributed by atoms with Gasteiger partial charge in [-0.1, -0.05) is 36.8 Å². The second-order valence-corrected chi connectivity index (χ2v) is 7.00. The quantitative estimate of drug-likeness (QED) is 0.661. The molecular formula is C16H18N2S2. The van der Waals surface area contributed by atoms with E-state index in [1.54, 1.807) is 11.3 Å². The molecule has 0 saturated carbocycles. The van der Waals surface area contributed by atoms with Crippen molar-refractivity contribution in [2.45, 2.75) is 32.7 Å². The largest absolute Gasteiger partial charge is 0.354 e. The fraction of sp³-hybridized carbons (Fsp3) is 0.312. The highest BCUT2D eigenvalue weighted by Gasteiger charge is 2.13. The molecule has 4 heteroatoms. The van der Waals surface area contributed by atoms with Crippen molar-refractivity contribution in [3.63, 3.8) is 0 Å². The third-order valence-electron chi connectivity index (χ3n) is 3.30. The molecule has 2 aromatic heterocycles. The summed E-state index contributed by atoms with van der Waals surface area (Å²) in [5.74, 6) is 0. The normalized spacial score (nSPS) is 12.7. The van der Waals surface area contributed by atoms with Crippen molar-refractivity contribution in [2.24, 2.45) is 0 Å². The summed E-state index contributed by atoms with van der Waals surface area (Å²) in [6, 6.07) is 11.2. The van der Waals surface area contributed by atoms with Gasteiger partial charge in [-0.25, -0.2) is 4.98 Å². The van der Waals surface area contributed by atoms with Gasteiger partial charge in [-0.15, -0.1) is 11.3 Å². The zero-order valence-corrected chi connectivity index (χ0v) is 13.4. The van der Waals surface area contributed by atoms with Crippen LogP contribution in [0.25, 0.3) is 10.2 Å². The van der Waals surface area contributed by atoms with Crippen LogP contribution in [0.4, 0.5) is 5.13 Å². The lowest BCUT2D eigenvalue weighted by atomic mass is 10.1. The zero-order valence-electron chi connectivity index (χ0n) is 11.7. The fourth-order valence-corrected chi connectivity index (χ4v) is 4.02. The number of hydrogen-bond acceptors (Lipinski definition) is 4. The average molecular weight is 302 g/mol. The lowest BCUT2D eigenvalue weighted by Gasteiger charge is -2.15. The predicted molar refractivity (Wildman–Crippen MR) is 89.9 cm³/mol. The van der Waals surface area contributed by atoms with E-state index in [2.05, 4.69) is 54.9 Å². The van der Waals surface area contributed by atoms with Crippen molar-refractivity contribution in [3.05, 3.63) is 46.2 Å². The highest BCUT2D eigenvalue weighted by Crippen LogP contribution is 2.32. The Kier molecular flexibility index (Phi) is 4.03. The molecule has 104 valence electrons. The van der Waals surface area contributed by atoms with E-state index < -0.39 is 0 Å². The SMILES string of the molecule is CCCC(Nc1nc2cc(C)ccc2s1)c1cccs1. The van der Waals surface area contributed by atoms with E-state index in [0.717, 1.165) is 17.1 Å². The third-order valence-corrected chi connectivity index (χ3v) is 5.26. The Morgan fingerprint density at radius 2 is 2.20 bits per heavy atom. The molecule has 3 rings (SSSR count). The second kappa shape index (κ2) is 5.94. The molecule has 1 aromatic carbocycles. The van der Waals surface area contributed by atoms with Crippen LogP contribution in [0.1, 0.15) is 36.2 Å². The number of aromatic nitrogens is 1.